The third-order valence-electron chi connectivity index (χ3n) is 2.84. The smallest absolute Gasteiger partial charge is 0.324 e. The number of nitrogens with zero attached hydrogens (tertiary/aromatic N) is 1. The highest BCUT2D eigenvalue weighted by Crippen LogP contribution is 2.26. The zero-order chi connectivity index (χ0) is 15.4. The molecule has 2 N–H and O–H groups in total. The maximum absolute atomic E-state index is 11.1. The first-order chi connectivity index (χ1) is 9.95. The van der Waals surface area contributed by atoms with Crippen molar-refractivity contribution in [1.82, 2.24) is 0 Å². The molecule has 7 heteroatoms. The Hall–Kier alpha value is -2.41. The van der Waals surface area contributed by atoms with Gasteiger partial charge in [-0.2, -0.15) is 0 Å². The fourth-order valence-electron chi connectivity index (χ4n) is 1.84. The van der Waals surface area contributed by atoms with Gasteiger partial charge in [-0.15, -0.1) is 0 Å². The molecule has 0 unspecified atom stereocenters. The van der Waals surface area contributed by atoms with E-state index in [1.165, 1.54) is 13.0 Å². The third kappa shape index (κ3) is 4.03. The first-order valence-corrected chi connectivity index (χ1v) is 7.12. The van der Waals surface area contributed by atoms with Gasteiger partial charge in [0.15, 0.2) is 0 Å². The van der Waals surface area contributed by atoms with Crippen LogP contribution < -0.4 is 10.6 Å². The van der Waals surface area contributed by atoms with E-state index in [-0.39, 0.29) is 10.9 Å². The van der Waals surface area contributed by atoms with Gasteiger partial charge in [0.1, 0.15) is 0 Å². The largest absolute Gasteiger partial charge is 0.380 e. The molecule has 6 nitrogen and oxygen atoms in total. The Morgan fingerprint density at radius 3 is 2.71 bits per heavy atom. The van der Waals surface area contributed by atoms with Crippen molar-refractivity contribution < 1.29 is 9.72 Å². The lowest BCUT2D eigenvalue weighted by atomic mass is 10.1. The molecule has 2 rings (SSSR count). The quantitative estimate of drug-likeness (QED) is 0.653. The summed E-state index contributed by atoms with van der Waals surface area (Å²) in [5.74, 6) is -0.126. The van der Waals surface area contributed by atoms with Crippen LogP contribution in [-0.2, 0) is 11.3 Å². The summed E-state index contributed by atoms with van der Waals surface area (Å²) < 4.78 is 0. The summed E-state index contributed by atoms with van der Waals surface area (Å²) in [7, 11) is 0. The number of nitro groups is 1. The summed E-state index contributed by atoms with van der Waals surface area (Å²) in [4.78, 5) is 22.2. The molecule has 1 aromatic heterocycles. The molecule has 1 heterocycles. The molecule has 21 heavy (non-hydrogen) atoms. The predicted octanol–water partition coefficient (Wildman–Crippen LogP) is 3.54. The number of nitrogens with one attached hydrogen (secondary N) is 2. The zero-order valence-corrected chi connectivity index (χ0v) is 12.5. The summed E-state index contributed by atoms with van der Waals surface area (Å²) in [5.41, 5.74) is 2.64. The van der Waals surface area contributed by atoms with Gasteiger partial charge in [-0.05, 0) is 30.7 Å². The van der Waals surface area contributed by atoms with E-state index in [2.05, 4.69) is 10.6 Å². The molecule has 0 atom stereocenters. The van der Waals surface area contributed by atoms with Gasteiger partial charge in [-0.3, -0.25) is 14.9 Å². The topological polar surface area (TPSA) is 84.3 Å². The Morgan fingerprint density at radius 1 is 1.33 bits per heavy atom. The first-order valence-electron chi connectivity index (χ1n) is 6.31. The van der Waals surface area contributed by atoms with Gasteiger partial charge >= 0.3 is 5.00 Å². The van der Waals surface area contributed by atoms with Gasteiger partial charge < -0.3 is 10.6 Å². The first kappa shape index (κ1) is 15.0. The fourth-order valence-corrected chi connectivity index (χ4v) is 2.60. The lowest BCUT2D eigenvalue weighted by Gasteiger charge is -2.11. The minimum absolute atomic E-state index is 0.126. The van der Waals surface area contributed by atoms with Crippen LogP contribution >= 0.6 is 11.3 Å². The Labute approximate surface area is 126 Å². The second-order valence-electron chi connectivity index (χ2n) is 4.56. The molecule has 1 aromatic carbocycles. The standard InChI is InChI=1S/C14H15N3O3S/c1-9-3-4-11(16-10(2)18)7-13(9)15-8-12-5-6-14(21-12)17(19)20/h3-7,15H,8H2,1-2H3,(H,16,18). The SMILES string of the molecule is CC(=O)Nc1ccc(C)c(NCc2ccc([N+](=O)[O-])s2)c1. The zero-order valence-electron chi connectivity index (χ0n) is 11.7. The monoisotopic (exact) mass is 305 g/mol. The van der Waals surface area contributed by atoms with E-state index in [0.717, 1.165) is 27.5 Å². The molecule has 1 amide bonds. The van der Waals surface area contributed by atoms with E-state index in [1.54, 1.807) is 6.07 Å². The normalized spacial score (nSPS) is 10.2. The van der Waals surface area contributed by atoms with Crippen molar-refractivity contribution in [3.63, 3.8) is 0 Å². The number of carbonyl (C=O) groups excluding carboxylic acids is 1. The number of hydrogen-bond acceptors (Lipinski definition) is 5. The molecule has 0 aliphatic heterocycles. The van der Waals surface area contributed by atoms with E-state index in [1.807, 2.05) is 25.1 Å². The molecular formula is C14H15N3O3S. The number of amides is 1. The molecule has 0 saturated carbocycles. The van der Waals surface area contributed by atoms with Crippen LogP contribution in [-0.4, -0.2) is 10.8 Å². The Kier molecular flexibility index (Phi) is 4.54. The Morgan fingerprint density at radius 2 is 2.10 bits per heavy atom. The van der Waals surface area contributed by atoms with Crippen LogP contribution in [0, 0.1) is 17.0 Å². The van der Waals surface area contributed by atoms with Gasteiger partial charge in [-0.25, -0.2) is 0 Å². The van der Waals surface area contributed by atoms with Crippen LogP contribution in [0.25, 0.3) is 0 Å². The third-order valence-corrected chi connectivity index (χ3v) is 3.88. The van der Waals surface area contributed by atoms with E-state index in [0.29, 0.717) is 12.2 Å². The molecule has 0 saturated heterocycles. The highest BCUT2D eigenvalue weighted by Gasteiger charge is 2.09. The van der Waals surface area contributed by atoms with Gasteiger partial charge in [-0.1, -0.05) is 17.4 Å². The van der Waals surface area contributed by atoms with Crippen LogP contribution in [0.5, 0.6) is 0 Å². The molecule has 0 fully saturated rings. The second-order valence-corrected chi connectivity index (χ2v) is 5.71. The van der Waals surface area contributed by atoms with Gasteiger partial charge in [0, 0.05) is 35.8 Å². The van der Waals surface area contributed by atoms with Crippen molar-refractivity contribution >= 4 is 33.6 Å². The molecule has 0 aliphatic rings. The second kappa shape index (κ2) is 6.36. The Bertz CT molecular complexity index is 682. The van der Waals surface area contributed by atoms with Gasteiger partial charge in [0.25, 0.3) is 0 Å². The van der Waals surface area contributed by atoms with E-state index >= 15 is 0 Å². The minimum Gasteiger partial charge on any atom is -0.380 e. The predicted molar refractivity (Wildman–Crippen MR) is 83.8 cm³/mol. The van der Waals surface area contributed by atoms with Crippen molar-refractivity contribution in [3.8, 4) is 0 Å². The van der Waals surface area contributed by atoms with Crippen molar-refractivity contribution in [2.24, 2.45) is 0 Å². The summed E-state index contributed by atoms with van der Waals surface area (Å²) >= 11 is 1.15. The molecule has 2 aromatic rings. The highest BCUT2D eigenvalue weighted by molar-refractivity contribution is 7.15. The average molecular weight is 305 g/mol. The number of thiophene rings is 1. The summed E-state index contributed by atoms with van der Waals surface area (Å²) in [6, 6.07) is 8.83. The van der Waals surface area contributed by atoms with Crippen molar-refractivity contribution in [1.29, 1.82) is 0 Å². The van der Waals surface area contributed by atoms with Gasteiger partial charge in [0.2, 0.25) is 5.91 Å². The number of benzene rings is 1. The fraction of sp³-hybridized carbons (Fsp3) is 0.214. The maximum atomic E-state index is 11.1. The Balaban J connectivity index is 2.07. The van der Waals surface area contributed by atoms with E-state index in [4.69, 9.17) is 0 Å². The lowest BCUT2D eigenvalue weighted by molar-refractivity contribution is -0.380. The summed E-state index contributed by atoms with van der Waals surface area (Å²) in [5, 5.41) is 16.7. The molecule has 0 aliphatic carbocycles. The number of rotatable bonds is 5. The lowest BCUT2D eigenvalue weighted by Crippen LogP contribution is -2.07. The number of aryl methyl sites for hydroxylation is 1. The summed E-state index contributed by atoms with van der Waals surface area (Å²) in [6.07, 6.45) is 0. The van der Waals surface area contributed by atoms with Crippen LogP contribution in [0.4, 0.5) is 16.4 Å². The van der Waals surface area contributed by atoms with Gasteiger partial charge in [0.05, 0.1) is 4.92 Å². The number of anilines is 2. The molecule has 0 bridgehead atoms. The maximum Gasteiger partial charge on any atom is 0.324 e. The van der Waals surface area contributed by atoms with Crippen molar-refractivity contribution in [3.05, 3.63) is 50.9 Å². The van der Waals surface area contributed by atoms with Crippen molar-refractivity contribution in [2.45, 2.75) is 20.4 Å². The van der Waals surface area contributed by atoms with E-state index < -0.39 is 4.92 Å². The van der Waals surface area contributed by atoms with Crippen LogP contribution in [0.1, 0.15) is 17.4 Å². The average Bonchev–Trinajstić information content (AvgIpc) is 2.88. The number of carbonyl (C=O) groups is 1. The molecule has 110 valence electrons. The molecular weight excluding hydrogens is 290 g/mol. The molecule has 0 spiro atoms. The molecule has 0 radical (unpaired) electrons. The number of hydrogen-bond donors (Lipinski definition) is 2. The van der Waals surface area contributed by atoms with Crippen LogP contribution in [0.2, 0.25) is 0 Å². The highest BCUT2D eigenvalue weighted by atomic mass is 32.1. The summed E-state index contributed by atoms with van der Waals surface area (Å²) in [6.45, 7) is 3.91. The minimum atomic E-state index is -0.392. The van der Waals surface area contributed by atoms with Crippen LogP contribution in [0.15, 0.2) is 30.3 Å². The van der Waals surface area contributed by atoms with Crippen LogP contribution in [0.3, 0.4) is 0 Å². The van der Waals surface area contributed by atoms with E-state index in [9.17, 15) is 14.9 Å². The van der Waals surface area contributed by atoms with Crippen molar-refractivity contribution in [2.75, 3.05) is 10.6 Å².